The van der Waals surface area contributed by atoms with Gasteiger partial charge in [0.15, 0.2) is 9.94 Å². The number of hydrogen-bond acceptors (Lipinski definition) is 4. The fourth-order valence-electron chi connectivity index (χ4n) is 1.45. The molecular formula is C13H11FO4S. The summed E-state index contributed by atoms with van der Waals surface area (Å²) in [6.45, 7) is 0.167. The van der Waals surface area contributed by atoms with Crippen molar-refractivity contribution in [2.45, 2.75) is 6.61 Å². The van der Waals surface area contributed by atoms with Crippen molar-refractivity contribution in [1.82, 2.24) is 0 Å². The third-order valence-corrected chi connectivity index (χ3v) is 3.44. The lowest BCUT2D eigenvalue weighted by Crippen LogP contribution is -2.00. The molecule has 0 aliphatic rings. The van der Waals surface area contributed by atoms with Gasteiger partial charge in [0.05, 0.1) is 7.11 Å². The van der Waals surface area contributed by atoms with Crippen molar-refractivity contribution in [2.75, 3.05) is 7.11 Å². The molecule has 0 fully saturated rings. The van der Waals surface area contributed by atoms with Gasteiger partial charge in [-0.15, -0.1) is 0 Å². The van der Waals surface area contributed by atoms with E-state index in [1.165, 1.54) is 25.3 Å². The molecule has 0 bridgehead atoms. The van der Waals surface area contributed by atoms with E-state index in [-0.39, 0.29) is 23.1 Å². The van der Waals surface area contributed by atoms with Gasteiger partial charge in [-0.05, 0) is 17.7 Å². The highest BCUT2D eigenvalue weighted by Crippen LogP contribution is 2.35. The molecule has 0 unspecified atom stereocenters. The summed E-state index contributed by atoms with van der Waals surface area (Å²) in [5.74, 6) is -1.15. The monoisotopic (exact) mass is 282 g/mol. The first-order chi connectivity index (χ1) is 9.10. The molecule has 1 aromatic carbocycles. The maximum atomic E-state index is 12.7. The fraction of sp³-hybridized carbons (Fsp3) is 0.154. The molecule has 2 rings (SSSR count). The summed E-state index contributed by atoms with van der Waals surface area (Å²) in [6.07, 6.45) is 0. The topological polar surface area (TPSA) is 55.8 Å². The van der Waals surface area contributed by atoms with E-state index in [9.17, 15) is 9.18 Å². The highest BCUT2D eigenvalue weighted by atomic mass is 32.1. The summed E-state index contributed by atoms with van der Waals surface area (Å²) in [5.41, 5.74) is 0.753. The molecule has 0 saturated carbocycles. The summed E-state index contributed by atoms with van der Waals surface area (Å²) >= 11 is 0.998. The minimum absolute atomic E-state index is 0.0824. The van der Waals surface area contributed by atoms with Gasteiger partial charge in [-0.3, -0.25) is 0 Å². The van der Waals surface area contributed by atoms with Gasteiger partial charge in [-0.25, -0.2) is 9.18 Å². The maximum absolute atomic E-state index is 12.7. The molecule has 0 radical (unpaired) electrons. The summed E-state index contributed by atoms with van der Waals surface area (Å²) in [6, 6.07) is 7.34. The molecule has 0 saturated heterocycles. The molecule has 19 heavy (non-hydrogen) atoms. The molecular weight excluding hydrogens is 271 g/mol. The minimum Gasteiger partial charge on any atom is -0.487 e. The number of carboxylic acids is 1. The van der Waals surface area contributed by atoms with Crippen LogP contribution in [-0.2, 0) is 6.61 Å². The Morgan fingerprint density at radius 3 is 2.63 bits per heavy atom. The first-order valence-corrected chi connectivity index (χ1v) is 6.20. The first-order valence-electron chi connectivity index (χ1n) is 5.38. The Morgan fingerprint density at radius 1 is 1.37 bits per heavy atom. The van der Waals surface area contributed by atoms with Gasteiger partial charge in [0.2, 0.25) is 0 Å². The van der Waals surface area contributed by atoms with Gasteiger partial charge in [-0.2, -0.15) is 0 Å². The predicted molar refractivity (Wildman–Crippen MR) is 68.6 cm³/mol. The van der Waals surface area contributed by atoms with Crippen LogP contribution in [0.5, 0.6) is 10.8 Å². The van der Waals surface area contributed by atoms with Crippen molar-refractivity contribution in [2.24, 2.45) is 0 Å². The summed E-state index contributed by atoms with van der Waals surface area (Å²) in [7, 11) is 1.46. The van der Waals surface area contributed by atoms with Gasteiger partial charge >= 0.3 is 5.97 Å². The summed E-state index contributed by atoms with van der Waals surface area (Å²) in [5, 5.41) is 9.50. The van der Waals surface area contributed by atoms with Gasteiger partial charge in [0.25, 0.3) is 0 Å². The Hall–Kier alpha value is -2.08. The van der Waals surface area contributed by atoms with Gasteiger partial charge in [-0.1, -0.05) is 23.5 Å². The van der Waals surface area contributed by atoms with Crippen molar-refractivity contribution < 1.29 is 23.8 Å². The van der Waals surface area contributed by atoms with Crippen molar-refractivity contribution in [3.8, 4) is 10.8 Å². The first kappa shape index (κ1) is 13.4. The number of methoxy groups -OCH3 is 1. The van der Waals surface area contributed by atoms with Crippen LogP contribution in [0.1, 0.15) is 15.2 Å². The standard InChI is InChI=1S/C13H11FO4S/c1-17-11-6-10(12(19-11)13(15)16)18-7-8-2-4-9(14)5-3-8/h2-6H,7H2,1H3,(H,15,16). The third kappa shape index (κ3) is 3.23. The zero-order valence-electron chi connectivity index (χ0n) is 10.1. The van der Waals surface area contributed by atoms with Crippen LogP contribution in [0.3, 0.4) is 0 Å². The van der Waals surface area contributed by atoms with E-state index in [1.807, 2.05) is 0 Å². The average Bonchev–Trinajstić information content (AvgIpc) is 2.81. The van der Waals surface area contributed by atoms with Crippen molar-refractivity contribution >= 4 is 17.3 Å². The molecule has 2 aromatic rings. The molecule has 4 nitrogen and oxygen atoms in total. The van der Waals surface area contributed by atoms with Gasteiger partial charge in [0, 0.05) is 6.07 Å². The molecule has 1 heterocycles. The lowest BCUT2D eigenvalue weighted by atomic mass is 10.2. The van der Waals surface area contributed by atoms with E-state index in [0.29, 0.717) is 5.06 Å². The van der Waals surface area contributed by atoms with Crippen LogP contribution < -0.4 is 9.47 Å². The molecule has 0 atom stereocenters. The second-order valence-electron chi connectivity index (χ2n) is 3.68. The van der Waals surface area contributed by atoms with E-state index >= 15 is 0 Å². The van der Waals surface area contributed by atoms with Crippen LogP contribution in [0.15, 0.2) is 30.3 Å². The number of benzene rings is 1. The molecule has 1 aromatic heterocycles. The number of halogens is 1. The van der Waals surface area contributed by atoms with Crippen LogP contribution >= 0.6 is 11.3 Å². The second-order valence-corrected chi connectivity index (χ2v) is 4.70. The quantitative estimate of drug-likeness (QED) is 0.915. The fourth-order valence-corrected chi connectivity index (χ4v) is 2.21. The van der Waals surface area contributed by atoms with Crippen LogP contribution in [0, 0.1) is 5.82 Å². The second kappa shape index (κ2) is 5.71. The molecule has 6 heteroatoms. The number of rotatable bonds is 5. The largest absolute Gasteiger partial charge is 0.487 e. The molecule has 0 aliphatic heterocycles. The van der Waals surface area contributed by atoms with Crippen molar-refractivity contribution in [1.29, 1.82) is 0 Å². The van der Waals surface area contributed by atoms with Gasteiger partial charge in [0.1, 0.15) is 18.2 Å². The molecule has 0 spiro atoms. The highest BCUT2D eigenvalue weighted by Gasteiger charge is 2.17. The number of carbonyl (C=O) groups is 1. The van der Waals surface area contributed by atoms with Crippen LogP contribution in [0.2, 0.25) is 0 Å². The van der Waals surface area contributed by atoms with Crippen LogP contribution in [-0.4, -0.2) is 18.2 Å². The molecule has 100 valence electrons. The number of thiophene rings is 1. The lowest BCUT2D eigenvalue weighted by Gasteiger charge is -2.05. The molecule has 0 amide bonds. The maximum Gasteiger partial charge on any atom is 0.349 e. The zero-order valence-corrected chi connectivity index (χ0v) is 10.9. The number of carboxylic acid groups (broad SMARTS) is 1. The third-order valence-electron chi connectivity index (χ3n) is 2.38. The van der Waals surface area contributed by atoms with Crippen LogP contribution in [0.4, 0.5) is 4.39 Å². The SMILES string of the molecule is COc1cc(OCc2ccc(F)cc2)c(C(=O)O)s1. The predicted octanol–water partition coefficient (Wildman–Crippen LogP) is 3.17. The van der Waals surface area contributed by atoms with E-state index < -0.39 is 5.97 Å². The molecule has 1 N–H and O–H groups in total. The Kier molecular flexibility index (Phi) is 4.01. The average molecular weight is 282 g/mol. The Bertz CT molecular complexity index is 577. The number of hydrogen-bond donors (Lipinski definition) is 1. The molecule has 0 aliphatic carbocycles. The van der Waals surface area contributed by atoms with Crippen LogP contribution in [0.25, 0.3) is 0 Å². The smallest absolute Gasteiger partial charge is 0.349 e. The van der Waals surface area contributed by atoms with Crippen molar-refractivity contribution in [3.63, 3.8) is 0 Å². The van der Waals surface area contributed by atoms with Crippen molar-refractivity contribution in [3.05, 3.63) is 46.6 Å². The normalized spacial score (nSPS) is 10.2. The number of aromatic carboxylic acids is 1. The zero-order chi connectivity index (χ0) is 13.8. The Morgan fingerprint density at radius 2 is 2.05 bits per heavy atom. The number of ether oxygens (including phenoxy) is 2. The van der Waals surface area contributed by atoms with E-state index in [1.54, 1.807) is 12.1 Å². The highest BCUT2D eigenvalue weighted by molar-refractivity contribution is 7.16. The lowest BCUT2D eigenvalue weighted by molar-refractivity contribution is 0.0697. The van der Waals surface area contributed by atoms with E-state index in [2.05, 4.69) is 0 Å². The summed E-state index contributed by atoms with van der Waals surface area (Å²) < 4.78 is 23.1. The summed E-state index contributed by atoms with van der Waals surface area (Å²) in [4.78, 5) is 11.1. The minimum atomic E-state index is -1.07. The Labute approximate surface area is 113 Å². The Balaban J connectivity index is 2.12. The van der Waals surface area contributed by atoms with E-state index in [0.717, 1.165) is 16.9 Å². The van der Waals surface area contributed by atoms with E-state index in [4.69, 9.17) is 14.6 Å². The van der Waals surface area contributed by atoms with Gasteiger partial charge < -0.3 is 14.6 Å².